The third-order valence-corrected chi connectivity index (χ3v) is 4.20. The maximum Gasteiger partial charge on any atom is 0.242 e. The van der Waals surface area contributed by atoms with E-state index in [-0.39, 0.29) is 23.9 Å². The van der Waals surface area contributed by atoms with Gasteiger partial charge in [-0.2, -0.15) is 0 Å². The fraction of sp³-hybridized carbons (Fsp3) is 0.263. The van der Waals surface area contributed by atoms with Crippen molar-refractivity contribution in [2.75, 3.05) is 25.0 Å². The zero-order chi connectivity index (χ0) is 17.6. The fourth-order valence-corrected chi connectivity index (χ4v) is 2.97. The number of para-hydroxylation sites is 1. The van der Waals surface area contributed by atoms with Crippen molar-refractivity contribution >= 4 is 17.5 Å². The summed E-state index contributed by atoms with van der Waals surface area (Å²) in [6, 6.07) is 15.1. The minimum atomic E-state index is -0.463. The van der Waals surface area contributed by atoms with Gasteiger partial charge in [0.15, 0.2) is 0 Å². The molecule has 0 saturated carbocycles. The van der Waals surface area contributed by atoms with Crippen LogP contribution in [0, 0.1) is 5.82 Å². The highest BCUT2D eigenvalue weighted by molar-refractivity contribution is 5.91. The molecule has 5 nitrogen and oxygen atoms in total. The van der Waals surface area contributed by atoms with Crippen molar-refractivity contribution in [3.05, 3.63) is 66.0 Å². The number of benzene rings is 2. The molecule has 0 bridgehead atoms. The third-order valence-electron chi connectivity index (χ3n) is 4.20. The Labute approximate surface area is 145 Å². The van der Waals surface area contributed by atoms with E-state index in [0.717, 1.165) is 5.56 Å². The van der Waals surface area contributed by atoms with Crippen LogP contribution in [-0.4, -0.2) is 36.3 Å². The molecule has 1 aliphatic heterocycles. The van der Waals surface area contributed by atoms with Gasteiger partial charge in [-0.1, -0.05) is 42.5 Å². The van der Waals surface area contributed by atoms with Crippen molar-refractivity contribution in [1.29, 1.82) is 0 Å². The molecular formula is C19H20FN3O2. The fourth-order valence-electron chi connectivity index (χ4n) is 2.97. The summed E-state index contributed by atoms with van der Waals surface area (Å²) in [5, 5.41) is 5.44. The van der Waals surface area contributed by atoms with Gasteiger partial charge in [-0.3, -0.25) is 14.5 Å². The molecule has 2 amide bonds. The Bertz CT molecular complexity index is 751. The molecule has 1 fully saturated rings. The van der Waals surface area contributed by atoms with Crippen LogP contribution in [0.2, 0.25) is 0 Å². The summed E-state index contributed by atoms with van der Waals surface area (Å²) in [4.78, 5) is 26.4. The van der Waals surface area contributed by atoms with Crippen LogP contribution in [-0.2, 0) is 9.59 Å². The number of amides is 2. The number of hydrogen-bond donors (Lipinski definition) is 2. The molecule has 2 N–H and O–H groups in total. The number of nitrogens with zero attached hydrogens (tertiary/aromatic N) is 1. The molecule has 1 heterocycles. The number of nitrogens with one attached hydrogen (secondary N) is 2. The van der Waals surface area contributed by atoms with Crippen LogP contribution in [0.3, 0.4) is 0 Å². The Balaban J connectivity index is 1.63. The van der Waals surface area contributed by atoms with Gasteiger partial charge in [0.25, 0.3) is 0 Å². The number of carbonyl (C=O) groups is 2. The molecule has 3 rings (SSSR count). The summed E-state index contributed by atoms with van der Waals surface area (Å²) in [6.45, 7) is 1.64. The number of anilines is 1. The lowest BCUT2D eigenvalue weighted by molar-refractivity contribution is -0.130. The van der Waals surface area contributed by atoms with Crippen molar-refractivity contribution in [3.63, 3.8) is 0 Å². The zero-order valence-electron chi connectivity index (χ0n) is 13.7. The van der Waals surface area contributed by atoms with Crippen molar-refractivity contribution in [1.82, 2.24) is 10.2 Å². The van der Waals surface area contributed by atoms with Crippen molar-refractivity contribution in [2.45, 2.75) is 12.5 Å². The van der Waals surface area contributed by atoms with E-state index in [1.54, 1.807) is 12.1 Å². The van der Waals surface area contributed by atoms with Gasteiger partial charge in [0.1, 0.15) is 11.9 Å². The second kappa shape index (κ2) is 7.90. The van der Waals surface area contributed by atoms with Crippen LogP contribution in [0.1, 0.15) is 18.0 Å². The predicted molar refractivity (Wildman–Crippen MR) is 93.4 cm³/mol. The number of halogens is 1. The highest BCUT2D eigenvalue weighted by Gasteiger charge is 2.30. The summed E-state index contributed by atoms with van der Waals surface area (Å²) >= 11 is 0. The van der Waals surface area contributed by atoms with Gasteiger partial charge < -0.3 is 10.6 Å². The minimum absolute atomic E-state index is 0.0630. The second-order valence-corrected chi connectivity index (χ2v) is 5.92. The Hall–Kier alpha value is -2.73. The number of piperazine rings is 1. The molecule has 1 saturated heterocycles. The molecule has 25 heavy (non-hydrogen) atoms. The van der Waals surface area contributed by atoms with E-state index in [9.17, 15) is 14.0 Å². The van der Waals surface area contributed by atoms with E-state index in [0.29, 0.717) is 19.6 Å². The molecule has 2 aromatic rings. The highest BCUT2D eigenvalue weighted by atomic mass is 19.1. The molecule has 0 radical (unpaired) electrons. The van der Waals surface area contributed by atoms with Gasteiger partial charge in [0.2, 0.25) is 11.8 Å². The van der Waals surface area contributed by atoms with Crippen LogP contribution in [0.4, 0.5) is 10.1 Å². The predicted octanol–water partition coefficient (Wildman–Crippen LogP) is 2.33. The Morgan fingerprint density at radius 1 is 1.16 bits per heavy atom. The molecule has 1 aliphatic rings. The lowest BCUT2D eigenvalue weighted by atomic mass is 10.0. The molecule has 6 heteroatoms. The Kier molecular flexibility index (Phi) is 5.40. The summed E-state index contributed by atoms with van der Waals surface area (Å²) < 4.78 is 13.6. The summed E-state index contributed by atoms with van der Waals surface area (Å²) in [6.07, 6.45) is 0.185. The molecule has 0 unspecified atom stereocenters. The first kappa shape index (κ1) is 17.1. The number of rotatable bonds is 5. The second-order valence-electron chi connectivity index (χ2n) is 5.92. The van der Waals surface area contributed by atoms with Gasteiger partial charge in [-0.25, -0.2) is 4.39 Å². The third kappa shape index (κ3) is 4.22. The number of hydrogen-bond acceptors (Lipinski definition) is 3. The van der Waals surface area contributed by atoms with Crippen LogP contribution in [0.5, 0.6) is 0 Å². The van der Waals surface area contributed by atoms with Crippen molar-refractivity contribution < 1.29 is 14.0 Å². The molecule has 0 aromatic heterocycles. The topological polar surface area (TPSA) is 61.4 Å². The first-order valence-electron chi connectivity index (χ1n) is 8.26. The minimum Gasteiger partial charge on any atom is -0.353 e. The van der Waals surface area contributed by atoms with Gasteiger partial charge >= 0.3 is 0 Å². The van der Waals surface area contributed by atoms with E-state index in [1.165, 1.54) is 12.1 Å². The average molecular weight is 341 g/mol. The Morgan fingerprint density at radius 2 is 1.88 bits per heavy atom. The van der Waals surface area contributed by atoms with Gasteiger partial charge in [-0.15, -0.1) is 0 Å². The standard InChI is InChI=1S/C19H20FN3O2/c20-15-8-4-5-9-16(15)22-17(24)10-12-23-13-11-21-19(25)18(23)14-6-2-1-3-7-14/h1-9,18H,10-13H2,(H,21,25)(H,22,24)/t18-/m0/s1. The molecule has 130 valence electrons. The maximum atomic E-state index is 13.6. The smallest absolute Gasteiger partial charge is 0.242 e. The number of carbonyl (C=O) groups excluding carboxylic acids is 2. The van der Waals surface area contributed by atoms with Crippen molar-refractivity contribution in [2.24, 2.45) is 0 Å². The maximum absolute atomic E-state index is 13.6. The quantitative estimate of drug-likeness (QED) is 0.877. The van der Waals surface area contributed by atoms with E-state index in [4.69, 9.17) is 0 Å². The molecule has 0 aliphatic carbocycles. The van der Waals surface area contributed by atoms with Crippen LogP contribution in [0.15, 0.2) is 54.6 Å². The zero-order valence-corrected chi connectivity index (χ0v) is 13.7. The van der Waals surface area contributed by atoms with E-state index in [2.05, 4.69) is 10.6 Å². The monoisotopic (exact) mass is 341 g/mol. The van der Waals surface area contributed by atoms with Gasteiger partial charge in [0.05, 0.1) is 5.69 Å². The lowest BCUT2D eigenvalue weighted by Crippen LogP contribution is -2.50. The van der Waals surface area contributed by atoms with E-state index in [1.807, 2.05) is 35.2 Å². The Morgan fingerprint density at radius 3 is 2.64 bits per heavy atom. The van der Waals surface area contributed by atoms with E-state index < -0.39 is 11.9 Å². The van der Waals surface area contributed by atoms with Crippen LogP contribution >= 0.6 is 0 Å². The normalized spacial score (nSPS) is 17.8. The summed E-state index contributed by atoms with van der Waals surface area (Å²) in [5.41, 5.74) is 1.07. The van der Waals surface area contributed by atoms with Gasteiger partial charge in [0, 0.05) is 26.1 Å². The molecular weight excluding hydrogens is 321 g/mol. The van der Waals surface area contributed by atoms with Crippen LogP contribution < -0.4 is 10.6 Å². The summed E-state index contributed by atoms with van der Waals surface area (Å²) in [5.74, 6) is -0.801. The molecule has 2 aromatic carbocycles. The highest BCUT2D eigenvalue weighted by Crippen LogP contribution is 2.23. The van der Waals surface area contributed by atoms with Gasteiger partial charge in [-0.05, 0) is 17.7 Å². The molecule has 1 atom stereocenters. The SMILES string of the molecule is O=C(CCN1CCNC(=O)[C@@H]1c1ccccc1)Nc1ccccc1F. The lowest BCUT2D eigenvalue weighted by Gasteiger charge is -2.35. The average Bonchev–Trinajstić information content (AvgIpc) is 2.63. The first-order chi connectivity index (χ1) is 12.1. The largest absolute Gasteiger partial charge is 0.353 e. The van der Waals surface area contributed by atoms with Crippen LogP contribution in [0.25, 0.3) is 0 Å². The first-order valence-corrected chi connectivity index (χ1v) is 8.26. The molecule has 0 spiro atoms. The summed E-state index contributed by atoms with van der Waals surface area (Å²) in [7, 11) is 0. The van der Waals surface area contributed by atoms with Crippen molar-refractivity contribution in [3.8, 4) is 0 Å². The van der Waals surface area contributed by atoms with E-state index >= 15 is 0 Å².